The van der Waals surface area contributed by atoms with Gasteiger partial charge in [-0.1, -0.05) is 64.5 Å². The van der Waals surface area contributed by atoms with Crippen LogP contribution in [0.1, 0.15) is 76.7 Å². The third-order valence-electron chi connectivity index (χ3n) is 3.85. The molecule has 2 heteroatoms. The summed E-state index contributed by atoms with van der Waals surface area (Å²) in [5, 5.41) is 0. The first-order valence-electron chi connectivity index (χ1n) is 8.02. The molecular weight excluding hydrogens is 248 g/mol. The van der Waals surface area contributed by atoms with Crippen LogP contribution < -0.4 is 4.74 Å². The molecule has 1 rings (SSSR count). The van der Waals surface area contributed by atoms with E-state index in [1.807, 2.05) is 12.1 Å². The van der Waals surface area contributed by atoms with Crippen molar-refractivity contribution in [3.63, 3.8) is 0 Å². The Bertz CT molecular complexity index is 346. The number of unbranched alkanes of at least 4 members (excludes halogenated alkanes) is 4. The summed E-state index contributed by atoms with van der Waals surface area (Å²) in [5.74, 6) is 1.28. The first kappa shape index (κ1) is 16.7. The third kappa shape index (κ3) is 6.23. The summed E-state index contributed by atoms with van der Waals surface area (Å²) < 4.78 is 4.86. The Kier molecular flexibility index (Phi) is 8.77. The summed E-state index contributed by atoms with van der Waals surface area (Å²) in [6, 6.07) is 8.02. The van der Waals surface area contributed by atoms with Crippen LogP contribution in [0.5, 0.6) is 5.75 Å². The van der Waals surface area contributed by atoms with Crippen LogP contribution in [-0.2, 0) is 4.79 Å². The van der Waals surface area contributed by atoms with E-state index in [2.05, 4.69) is 26.0 Å². The SMILES string of the molecule is CCCCCC(CCCCC)c1ccc(OC=O)cc1. The van der Waals surface area contributed by atoms with E-state index in [4.69, 9.17) is 4.74 Å². The van der Waals surface area contributed by atoms with Gasteiger partial charge in [0.25, 0.3) is 6.47 Å². The normalized spacial score (nSPS) is 10.8. The van der Waals surface area contributed by atoms with E-state index >= 15 is 0 Å². The summed E-state index contributed by atoms with van der Waals surface area (Å²) in [4.78, 5) is 10.3. The zero-order chi connectivity index (χ0) is 14.6. The molecule has 0 amide bonds. The monoisotopic (exact) mass is 276 g/mol. The van der Waals surface area contributed by atoms with Gasteiger partial charge in [-0.15, -0.1) is 0 Å². The Hall–Kier alpha value is -1.31. The fourth-order valence-corrected chi connectivity index (χ4v) is 2.63. The maximum atomic E-state index is 10.3. The van der Waals surface area contributed by atoms with E-state index in [1.54, 1.807) is 0 Å². The fourth-order valence-electron chi connectivity index (χ4n) is 2.63. The van der Waals surface area contributed by atoms with E-state index in [1.165, 1.54) is 56.9 Å². The Balaban J connectivity index is 2.61. The molecule has 0 aliphatic rings. The van der Waals surface area contributed by atoms with Crippen LogP contribution in [0.4, 0.5) is 0 Å². The Morgan fingerprint density at radius 2 is 1.50 bits per heavy atom. The van der Waals surface area contributed by atoms with Crippen molar-refractivity contribution in [2.45, 2.75) is 71.1 Å². The molecule has 1 aromatic carbocycles. The molecule has 112 valence electrons. The first-order valence-corrected chi connectivity index (χ1v) is 8.02. The summed E-state index contributed by atoms with van der Waals surface area (Å²) >= 11 is 0. The minimum absolute atomic E-state index is 0.481. The first-order chi connectivity index (χ1) is 9.81. The van der Waals surface area contributed by atoms with Gasteiger partial charge in [0, 0.05) is 0 Å². The molecule has 0 heterocycles. The highest BCUT2D eigenvalue weighted by molar-refractivity contribution is 5.45. The summed E-state index contributed by atoms with van der Waals surface area (Å²) in [7, 11) is 0. The van der Waals surface area contributed by atoms with Crippen molar-refractivity contribution in [3.8, 4) is 5.75 Å². The van der Waals surface area contributed by atoms with Crippen molar-refractivity contribution in [2.75, 3.05) is 0 Å². The minimum Gasteiger partial charge on any atom is -0.429 e. The van der Waals surface area contributed by atoms with Crippen molar-refractivity contribution in [2.24, 2.45) is 0 Å². The molecule has 2 nitrogen and oxygen atoms in total. The Morgan fingerprint density at radius 3 is 1.95 bits per heavy atom. The van der Waals surface area contributed by atoms with Crippen LogP contribution in [-0.4, -0.2) is 6.47 Å². The molecule has 0 unspecified atom stereocenters. The molecule has 0 fully saturated rings. The van der Waals surface area contributed by atoms with Crippen LogP contribution in [0.3, 0.4) is 0 Å². The highest BCUT2D eigenvalue weighted by Gasteiger charge is 2.11. The lowest BCUT2D eigenvalue weighted by molar-refractivity contribution is -0.120. The lowest BCUT2D eigenvalue weighted by Gasteiger charge is -2.17. The number of carbonyl (C=O) groups is 1. The maximum Gasteiger partial charge on any atom is 0.298 e. The van der Waals surface area contributed by atoms with Crippen LogP contribution >= 0.6 is 0 Å². The van der Waals surface area contributed by atoms with Gasteiger partial charge in [0.15, 0.2) is 0 Å². The average molecular weight is 276 g/mol. The van der Waals surface area contributed by atoms with Gasteiger partial charge in [-0.2, -0.15) is 0 Å². The molecule has 0 spiro atoms. The van der Waals surface area contributed by atoms with E-state index in [-0.39, 0.29) is 0 Å². The van der Waals surface area contributed by atoms with Crippen molar-refractivity contribution in [1.82, 2.24) is 0 Å². The van der Waals surface area contributed by atoms with E-state index < -0.39 is 0 Å². The molecule has 0 radical (unpaired) electrons. The fraction of sp³-hybridized carbons (Fsp3) is 0.611. The van der Waals surface area contributed by atoms with Gasteiger partial charge in [0.1, 0.15) is 5.75 Å². The molecule has 1 aromatic rings. The van der Waals surface area contributed by atoms with Crippen LogP contribution in [0.2, 0.25) is 0 Å². The molecular formula is C18H28O2. The predicted molar refractivity (Wildman–Crippen MR) is 84.2 cm³/mol. The predicted octanol–water partition coefficient (Wildman–Crippen LogP) is 5.47. The van der Waals surface area contributed by atoms with Gasteiger partial charge >= 0.3 is 0 Å². The van der Waals surface area contributed by atoms with Gasteiger partial charge in [-0.25, -0.2) is 0 Å². The van der Waals surface area contributed by atoms with Crippen LogP contribution in [0.25, 0.3) is 0 Å². The smallest absolute Gasteiger partial charge is 0.298 e. The lowest BCUT2D eigenvalue weighted by Crippen LogP contribution is -2.00. The molecule has 0 aromatic heterocycles. The number of ether oxygens (including phenoxy) is 1. The number of hydrogen-bond donors (Lipinski definition) is 0. The van der Waals surface area contributed by atoms with Crippen LogP contribution in [0, 0.1) is 0 Å². The van der Waals surface area contributed by atoms with Crippen molar-refractivity contribution in [3.05, 3.63) is 29.8 Å². The highest BCUT2D eigenvalue weighted by atomic mass is 16.5. The van der Waals surface area contributed by atoms with E-state index in [0.29, 0.717) is 18.1 Å². The summed E-state index contributed by atoms with van der Waals surface area (Å²) in [6.45, 7) is 4.98. The highest BCUT2D eigenvalue weighted by Crippen LogP contribution is 2.29. The van der Waals surface area contributed by atoms with E-state index in [0.717, 1.165) is 0 Å². The number of hydrogen-bond acceptors (Lipinski definition) is 2. The van der Waals surface area contributed by atoms with Gasteiger partial charge in [-0.3, -0.25) is 4.79 Å². The molecule has 0 aliphatic heterocycles. The number of rotatable bonds is 11. The van der Waals surface area contributed by atoms with Crippen molar-refractivity contribution in [1.29, 1.82) is 0 Å². The molecule has 0 saturated heterocycles. The molecule has 0 N–H and O–H groups in total. The van der Waals surface area contributed by atoms with Gasteiger partial charge in [-0.05, 0) is 36.5 Å². The molecule has 0 saturated carbocycles. The second-order valence-electron chi connectivity index (χ2n) is 5.47. The number of carbonyl (C=O) groups excluding carboxylic acids is 1. The van der Waals surface area contributed by atoms with Crippen LogP contribution in [0.15, 0.2) is 24.3 Å². The standard InChI is InChI=1S/C18H28O2/c1-3-5-7-9-16(10-8-6-4-2)17-11-13-18(14-12-17)20-15-19/h11-16H,3-10H2,1-2H3. The largest absolute Gasteiger partial charge is 0.429 e. The summed E-state index contributed by atoms with van der Waals surface area (Å²) in [6.07, 6.45) is 10.3. The zero-order valence-electron chi connectivity index (χ0n) is 12.9. The molecule has 0 bridgehead atoms. The van der Waals surface area contributed by atoms with Gasteiger partial charge in [0.05, 0.1) is 0 Å². The maximum absolute atomic E-state index is 10.3. The lowest BCUT2D eigenvalue weighted by atomic mass is 9.88. The Morgan fingerprint density at radius 1 is 0.950 bits per heavy atom. The van der Waals surface area contributed by atoms with Gasteiger partial charge < -0.3 is 4.74 Å². The molecule has 0 atom stereocenters. The number of benzene rings is 1. The van der Waals surface area contributed by atoms with E-state index in [9.17, 15) is 4.79 Å². The topological polar surface area (TPSA) is 26.3 Å². The Labute approximate surface area is 123 Å². The van der Waals surface area contributed by atoms with Crippen molar-refractivity contribution >= 4 is 6.47 Å². The zero-order valence-corrected chi connectivity index (χ0v) is 12.9. The quantitative estimate of drug-likeness (QED) is 0.396. The third-order valence-corrected chi connectivity index (χ3v) is 3.85. The summed E-state index contributed by atoms with van der Waals surface area (Å²) in [5.41, 5.74) is 1.38. The minimum atomic E-state index is 0.481. The second-order valence-corrected chi connectivity index (χ2v) is 5.47. The average Bonchev–Trinajstić information content (AvgIpc) is 2.47. The van der Waals surface area contributed by atoms with Crippen molar-refractivity contribution < 1.29 is 9.53 Å². The molecule has 20 heavy (non-hydrogen) atoms. The second kappa shape index (κ2) is 10.5. The van der Waals surface area contributed by atoms with Gasteiger partial charge in [0.2, 0.25) is 0 Å². The molecule has 0 aliphatic carbocycles.